The Labute approximate surface area is 142 Å². The van der Waals surface area contributed by atoms with Gasteiger partial charge in [-0.25, -0.2) is 0 Å². The molecule has 7 heteroatoms. The minimum absolute atomic E-state index is 0.271. The molecule has 0 bridgehead atoms. The number of rotatable bonds is 5. The number of methoxy groups -OCH3 is 2. The molecule has 0 heterocycles. The van der Waals surface area contributed by atoms with E-state index in [2.05, 4.69) is 5.32 Å². The van der Waals surface area contributed by atoms with Crippen molar-refractivity contribution in [3.8, 4) is 11.5 Å². The summed E-state index contributed by atoms with van der Waals surface area (Å²) >= 11 is 0. The highest BCUT2D eigenvalue weighted by molar-refractivity contribution is 6.02. The highest BCUT2D eigenvalue weighted by Gasteiger charge is 2.30. The molecular weight excluding hydrogens is 335 g/mol. The van der Waals surface area contributed by atoms with Crippen LogP contribution in [0.15, 0.2) is 48.5 Å². The van der Waals surface area contributed by atoms with E-state index in [1.807, 2.05) is 0 Å². The summed E-state index contributed by atoms with van der Waals surface area (Å²) in [6.45, 7) is 0. The second kappa shape index (κ2) is 7.74. The van der Waals surface area contributed by atoms with Gasteiger partial charge in [0.15, 0.2) is 0 Å². The van der Waals surface area contributed by atoms with Crippen LogP contribution in [-0.2, 0) is 11.0 Å². The number of nitrogens with one attached hydrogen (secondary N) is 1. The number of amides is 1. The Morgan fingerprint density at radius 2 is 1.68 bits per heavy atom. The standard InChI is InChI=1S/C18H16F3NO3/c1-24-15-9-14(10-16(11-15)25-2)22-17(23)7-6-12-4-3-5-13(8-12)18(19,20)21/h3-11H,1-2H3,(H,22,23). The van der Waals surface area contributed by atoms with Gasteiger partial charge in [0.1, 0.15) is 11.5 Å². The molecule has 4 nitrogen and oxygen atoms in total. The van der Waals surface area contributed by atoms with Crippen LogP contribution in [0.5, 0.6) is 11.5 Å². The zero-order chi connectivity index (χ0) is 18.4. The van der Waals surface area contributed by atoms with E-state index in [4.69, 9.17) is 9.47 Å². The van der Waals surface area contributed by atoms with E-state index in [1.165, 1.54) is 32.4 Å². The maximum atomic E-state index is 12.7. The molecular formula is C18H16F3NO3. The monoisotopic (exact) mass is 351 g/mol. The third-order valence-corrected chi connectivity index (χ3v) is 3.26. The second-order valence-corrected chi connectivity index (χ2v) is 5.05. The van der Waals surface area contributed by atoms with Crippen molar-refractivity contribution < 1.29 is 27.4 Å². The largest absolute Gasteiger partial charge is 0.497 e. The minimum atomic E-state index is -4.43. The van der Waals surface area contributed by atoms with E-state index >= 15 is 0 Å². The van der Waals surface area contributed by atoms with Gasteiger partial charge in [-0.15, -0.1) is 0 Å². The molecule has 0 saturated heterocycles. The highest BCUT2D eigenvalue weighted by atomic mass is 19.4. The van der Waals surface area contributed by atoms with Crippen molar-refractivity contribution in [2.24, 2.45) is 0 Å². The van der Waals surface area contributed by atoms with Gasteiger partial charge in [0.05, 0.1) is 19.8 Å². The first-order valence-electron chi connectivity index (χ1n) is 7.21. The van der Waals surface area contributed by atoms with E-state index in [-0.39, 0.29) is 5.56 Å². The predicted octanol–water partition coefficient (Wildman–Crippen LogP) is 4.37. The number of halogens is 3. The van der Waals surface area contributed by atoms with Crippen LogP contribution in [0.3, 0.4) is 0 Å². The molecule has 2 aromatic carbocycles. The molecule has 0 fully saturated rings. The first kappa shape index (κ1) is 18.4. The van der Waals surface area contributed by atoms with Crippen molar-refractivity contribution in [1.82, 2.24) is 0 Å². The van der Waals surface area contributed by atoms with Crippen molar-refractivity contribution in [3.05, 3.63) is 59.7 Å². The van der Waals surface area contributed by atoms with Gasteiger partial charge in [0, 0.05) is 30.0 Å². The molecule has 132 valence electrons. The fourth-order valence-electron chi connectivity index (χ4n) is 2.05. The van der Waals surface area contributed by atoms with Gasteiger partial charge in [-0.1, -0.05) is 12.1 Å². The van der Waals surface area contributed by atoms with Crippen molar-refractivity contribution in [1.29, 1.82) is 0 Å². The zero-order valence-electron chi connectivity index (χ0n) is 13.6. The molecule has 0 saturated carbocycles. The molecule has 0 aromatic heterocycles. The molecule has 1 N–H and O–H groups in total. The Morgan fingerprint density at radius 1 is 1.04 bits per heavy atom. The third-order valence-electron chi connectivity index (χ3n) is 3.26. The Hall–Kier alpha value is -2.96. The predicted molar refractivity (Wildman–Crippen MR) is 88.7 cm³/mol. The molecule has 0 aliphatic heterocycles. The maximum Gasteiger partial charge on any atom is 0.416 e. The highest BCUT2D eigenvalue weighted by Crippen LogP contribution is 2.30. The number of alkyl halides is 3. The average Bonchev–Trinajstić information content (AvgIpc) is 2.59. The molecule has 0 aliphatic rings. The maximum absolute atomic E-state index is 12.7. The van der Waals surface area contributed by atoms with Gasteiger partial charge in [-0.2, -0.15) is 13.2 Å². The first-order chi connectivity index (χ1) is 11.8. The summed E-state index contributed by atoms with van der Waals surface area (Å²) in [5.41, 5.74) is -0.0596. The lowest BCUT2D eigenvalue weighted by molar-refractivity contribution is -0.137. The number of carbonyl (C=O) groups is 1. The van der Waals surface area contributed by atoms with Gasteiger partial charge in [-0.3, -0.25) is 4.79 Å². The van der Waals surface area contributed by atoms with Crippen LogP contribution < -0.4 is 14.8 Å². The van der Waals surface area contributed by atoms with Crippen molar-refractivity contribution in [2.75, 3.05) is 19.5 Å². The number of ether oxygens (including phenoxy) is 2. The summed E-state index contributed by atoms with van der Waals surface area (Å²) in [7, 11) is 2.96. The zero-order valence-corrected chi connectivity index (χ0v) is 13.6. The van der Waals surface area contributed by atoms with E-state index < -0.39 is 17.6 Å². The average molecular weight is 351 g/mol. The van der Waals surface area contributed by atoms with Crippen LogP contribution in [0.4, 0.5) is 18.9 Å². The van der Waals surface area contributed by atoms with Crippen LogP contribution in [0.1, 0.15) is 11.1 Å². The summed E-state index contributed by atoms with van der Waals surface area (Å²) in [5, 5.41) is 2.60. The lowest BCUT2D eigenvalue weighted by Crippen LogP contribution is -2.08. The molecule has 0 atom stereocenters. The summed E-state index contributed by atoms with van der Waals surface area (Å²) in [6, 6.07) is 9.55. The molecule has 0 unspecified atom stereocenters. The second-order valence-electron chi connectivity index (χ2n) is 5.05. The van der Waals surface area contributed by atoms with Crippen molar-refractivity contribution >= 4 is 17.7 Å². The lowest BCUT2D eigenvalue weighted by Gasteiger charge is -2.09. The van der Waals surface area contributed by atoms with Gasteiger partial charge in [0.2, 0.25) is 5.91 Å². The molecule has 2 aromatic rings. The van der Waals surface area contributed by atoms with Crippen LogP contribution in [0.2, 0.25) is 0 Å². The minimum Gasteiger partial charge on any atom is -0.497 e. The number of carbonyl (C=O) groups excluding carboxylic acids is 1. The fourth-order valence-corrected chi connectivity index (χ4v) is 2.05. The van der Waals surface area contributed by atoms with E-state index in [0.29, 0.717) is 17.2 Å². The van der Waals surface area contributed by atoms with Crippen LogP contribution in [0, 0.1) is 0 Å². The topological polar surface area (TPSA) is 47.6 Å². The summed E-state index contributed by atoms with van der Waals surface area (Å²) in [4.78, 5) is 12.0. The van der Waals surface area contributed by atoms with E-state index in [0.717, 1.165) is 18.2 Å². The fraction of sp³-hybridized carbons (Fsp3) is 0.167. The van der Waals surface area contributed by atoms with Crippen LogP contribution >= 0.6 is 0 Å². The Kier molecular flexibility index (Phi) is 5.69. The van der Waals surface area contributed by atoms with Crippen molar-refractivity contribution in [2.45, 2.75) is 6.18 Å². The molecule has 0 radical (unpaired) electrons. The number of benzene rings is 2. The normalized spacial score (nSPS) is 11.4. The molecule has 25 heavy (non-hydrogen) atoms. The summed E-state index contributed by atoms with van der Waals surface area (Å²) in [5.74, 6) is 0.501. The number of hydrogen-bond acceptors (Lipinski definition) is 3. The van der Waals surface area contributed by atoms with Gasteiger partial charge < -0.3 is 14.8 Å². The van der Waals surface area contributed by atoms with Crippen molar-refractivity contribution in [3.63, 3.8) is 0 Å². The Morgan fingerprint density at radius 3 is 2.24 bits per heavy atom. The molecule has 0 spiro atoms. The number of anilines is 1. The Balaban J connectivity index is 2.11. The first-order valence-corrected chi connectivity index (χ1v) is 7.21. The molecule has 0 aliphatic carbocycles. The lowest BCUT2D eigenvalue weighted by atomic mass is 10.1. The van der Waals surface area contributed by atoms with E-state index in [1.54, 1.807) is 18.2 Å². The van der Waals surface area contributed by atoms with Crippen LogP contribution in [0.25, 0.3) is 6.08 Å². The molecule has 1 amide bonds. The van der Waals surface area contributed by atoms with Gasteiger partial charge >= 0.3 is 6.18 Å². The Bertz CT molecular complexity index is 763. The van der Waals surface area contributed by atoms with Gasteiger partial charge in [-0.05, 0) is 23.8 Å². The molecule has 2 rings (SSSR count). The quantitative estimate of drug-likeness (QED) is 0.814. The third kappa shape index (κ3) is 5.27. The summed E-state index contributed by atoms with van der Waals surface area (Å²) < 4.78 is 48.2. The van der Waals surface area contributed by atoms with E-state index in [9.17, 15) is 18.0 Å². The van der Waals surface area contributed by atoms with Gasteiger partial charge in [0.25, 0.3) is 0 Å². The van der Waals surface area contributed by atoms with Crippen LogP contribution in [-0.4, -0.2) is 20.1 Å². The SMILES string of the molecule is COc1cc(NC(=O)C=Cc2cccc(C(F)(F)F)c2)cc(OC)c1. The smallest absolute Gasteiger partial charge is 0.416 e. The number of hydrogen-bond donors (Lipinski definition) is 1. The summed E-state index contributed by atoms with van der Waals surface area (Å²) in [6.07, 6.45) is -1.97.